The molecule has 0 fully saturated rings. The fourth-order valence-corrected chi connectivity index (χ4v) is 3.84. The lowest BCUT2D eigenvalue weighted by molar-refractivity contribution is -0.116. The highest BCUT2D eigenvalue weighted by Crippen LogP contribution is 2.34. The van der Waals surface area contributed by atoms with E-state index in [-0.39, 0.29) is 5.91 Å². The van der Waals surface area contributed by atoms with Gasteiger partial charge in [0, 0.05) is 25.0 Å². The van der Waals surface area contributed by atoms with Gasteiger partial charge in [-0.3, -0.25) is 9.78 Å². The highest BCUT2D eigenvalue weighted by molar-refractivity contribution is 5.91. The lowest BCUT2D eigenvalue weighted by atomic mass is 9.82. The van der Waals surface area contributed by atoms with Crippen LogP contribution < -0.4 is 5.32 Å². The van der Waals surface area contributed by atoms with Gasteiger partial charge < -0.3 is 10.4 Å². The summed E-state index contributed by atoms with van der Waals surface area (Å²) in [5.74, 6) is -0.0790. The second-order valence-electron chi connectivity index (χ2n) is 8.02. The van der Waals surface area contributed by atoms with Gasteiger partial charge in [-0.15, -0.1) is 0 Å². The number of aliphatic hydroxyl groups is 1. The van der Waals surface area contributed by atoms with Gasteiger partial charge in [-0.25, -0.2) is 0 Å². The average Bonchev–Trinajstić information content (AvgIpc) is 2.86. The van der Waals surface area contributed by atoms with Gasteiger partial charge in [-0.2, -0.15) is 0 Å². The molecule has 1 aromatic heterocycles. The maximum atomic E-state index is 11.9. The molecule has 32 heavy (non-hydrogen) atoms. The van der Waals surface area contributed by atoms with Crippen LogP contribution in [0.3, 0.4) is 0 Å². The Labute approximate surface area is 191 Å². The van der Waals surface area contributed by atoms with E-state index in [1.165, 1.54) is 0 Å². The summed E-state index contributed by atoms with van der Waals surface area (Å²) in [5.41, 5.74) is 1.83. The van der Waals surface area contributed by atoms with Crippen molar-refractivity contribution in [1.29, 1.82) is 0 Å². The van der Waals surface area contributed by atoms with Crippen LogP contribution in [0, 0.1) is 0 Å². The molecule has 1 heterocycles. The third-order valence-electron chi connectivity index (χ3n) is 5.63. The van der Waals surface area contributed by atoms with E-state index in [1.807, 2.05) is 72.8 Å². The Morgan fingerprint density at radius 2 is 1.47 bits per heavy atom. The predicted octanol–water partition coefficient (Wildman–Crippen LogP) is 5.49. The van der Waals surface area contributed by atoms with Crippen LogP contribution in [0.25, 0.3) is 6.08 Å². The first-order valence-electron chi connectivity index (χ1n) is 11.4. The molecule has 0 aliphatic heterocycles. The van der Waals surface area contributed by atoms with Crippen LogP contribution in [0.15, 0.2) is 91.3 Å². The van der Waals surface area contributed by atoms with Gasteiger partial charge in [-0.05, 0) is 48.1 Å². The molecule has 0 atom stereocenters. The Balaban J connectivity index is 1.36. The number of hydrogen-bond donors (Lipinski definition) is 2. The van der Waals surface area contributed by atoms with E-state index < -0.39 is 5.60 Å². The van der Waals surface area contributed by atoms with Crippen molar-refractivity contribution in [2.75, 3.05) is 6.54 Å². The van der Waals surface area contributed by atoms with Gasteiger partial charge >= 0.3 is 0 Å². The van der Waals surface area contributed by atoms with Crippen LogP contribution >= 0.6 is 0 Å². The molecule has 2 aromatic carbocycles. The summed E-state index contributed by atoms with van der Waals surface area (Å²) in [6.07, 6.45) is 12.5. The van der Waals surface area contributed by atoms with Crippen LogP contribution in [0.2, 0.25) is 0 Å². The minimum Gasteiger partial charge on any atom is -0.380 e. The quantitative estimate of drug-likeness (QED) is 0.296. The molecule has 166 valence electrons. The lowest BCUT2D eigenvalue weighted by Crippen LogP contribution is -2.27. The van der Waals surface area contributed by atoms with E-state index in [4.69, 9.17) is 0 Å². The third-order valence-corrected chi connectivity index (χ3v) is 5.63. The largest absolute Gasteiger partial charge is 0.380 e. The zero-order valence-corrected chi connectivity index (χ0v) is 18.5. The van der Waals surface area contributed by atoms with Gasteiger partial charge in [0.05, 0.1) is 0 Å². The van der Waals surface area contributed by atoms with Gasteiger partial charge in [0.2, 0.25) is 5.91 Å². The number of carbonyl (C=O) groups is 1. The fourth-order valence-electron chi connectivity index (χ4n) is 3.84. The summed E-state index contributed by atoms with van der Waals surface area (Å²) < 4.78 is 0. The Kier molecular flexibility index (Phi) is 9.20. The van der Waals surface area contributed by atoms with Gasteiger partial charge in [0.1, 0.15) is 5.60 Å². The van der Waals surface area contributed by atoms with Gasteiger partial charge in [0.25, 0.3) is 0 Å². The molecule has 0 aliphatic carbocycles. The standard InChI is InChI=1S/C28H32N2O2/c31-27(19-18-24-13-12-21-29-23-24)30-22-11-3-1-2-10-20-28(32,25-14-6-4-7-15-25)26-16-8-5-9-17-26/h4-9,12-19,21,23,32H,1-3,10-11,20,22H2,(H,30,31)/b19-18-. The molecule has 4 nitrogen and oxygen atoms in total. The zero-order valence-electron chi connectivity index (χ0n) is 18.5. The van der Waals surface area contributed by atoms with Crippen LogP contribution in [-0.2, 0) is 10.4 Å². The molecule has 0 saturated carbocycles. The average molecular weight is 429 g/mol. The van der Waals surface area contributed by atoms with Gasteiger partial charge in [-0.1, -0.05) is 86.0 Å². The summed E-state index contributed by atoms with van der Waals surface area (Å²) in [6, 6.07) is 23.6. The summed E-state index contributed by atoms with van der Waals surface area (Å²) in [4.78, 5) is 15.9. The van der Waals surface area contributed by atoms with Crippen molar-refractivity contribution in [3.8, 4) is 0 Å². The second kappa shape index (κ2) is 12.6. The molecule has 2 N–H and O–H groups in total. The summed E-state index contributed by atoms with van der Waals surface area (Å²) in [7, 11) is 0. The van der Waals surface area contributed by atoms with Crippen LogP contribution in [-0.4, -0.2) is 22.5 Å². The molecule has 0 aliphatic rings. The molecule has 0 radical (unpaired) electrons. The molecular weight excluding hydrogens is 396 g/mol. The van der Waals surface area contributed by atoms with Gasteiger partial charge in [0.15, 0.2) is 0 Å². The fraction of sp³-hybridized carbons (Fsp3) is 0.286. The van der Waals surface area contributed by atoms with Crippen molar-refractivity contribution in [3.05, 3.63) is 108 Å². The SMILES string of the molecule is O=C(/C=C\c1cccnc1)NCCCCCCCC(O)(c1ccccc1)c1ccccc1. The van der Waals surface area contributed by atoms with Crippen LogP contribution in [0.4, 0.5) is 0 Å². The zero-order chi connectivity index (χ0) is 22.5. The highest BCUT2D eigenvalue weighted by atomic mass is 16.3. The summed E-state index contributed by atoms with van der Waals surface area (Å²) in [5, 5.41) is 14.5. The van der Waals surface area contributed by atoms with Crippen molar-refractivity contribution in [3.63, 3.8) is 0 Å². The van der Waals surface area contributed by atoms with Crippen molar-refractivity contribution in [2.24, 2.45) is 0 Å². The van der Waals surface area contributed by atoms with Crippen LogP contribution in [0.5, 0.6) is 0 Å². The minimum atomic E-state index is -0.961. The number of nitrogens with zero attached hydrogens (tertiary/aromatic N) is 1. The molecule has 0 unspecified atom stereocenters. The molecule has 3 rings (SSSR count). The van der Waals surface area contributed by atoms with E-state index in [2.05, 4.69) is 10.3 Å². The molecular formula is C28H32N2O2. The monoisotopic (exact) mass is 428 g/mol. The minimum absolute atomic E-state index is 0.0790. The number of aromatic nitrogens is 1. The predicted molar refractivity (Wildman–Crippen MR) is 130 cm³/mol. The first kappa shape index (κ1) is 23.4. The van der Waals surface area contributed by atoms with Crippen molar-refractivity contribution in [1.82, 2.24) is 10.3 Å². The lowest BCUT2D eigenvalue weighted by Gasteiger charge is -2.29. The normalized spacial score (nSPS) is 11.5. The second-order valence-corrected chi connectivity index (χ2v) is 8.02. The molecule has 4 heteroatoms. The van der Waals surface area contributed by atoms with Crippen molar-refractivity contribution < 1.29 is 9.90 Å². The van der Waals surface area contributed by atoms with E-state index in [9.17, 15) is 9.90 Å². The first-order chi connectivity index (χ1) is 15.7. The highest BCUT2D eigenvalue weighted by Gasteiger charge is 2.30. The van der Waals surface area contributed by atoms with E-state index in [1.54, 1.807) is 24.5 Å². The maximum Gasteiger partial charge on any atom is 0.243 e. The number of carbonyl (C=O) groups excluding carboxylic acids is 1. The number of nitrogens with one attached hydrogen (secondary N) is 1. The molecule has 3 aromatic rings. The molecule has 0 spiro atoms. The third kappa shape index (κ3) is 7.17. The van der Waals surface area contributed by atoms with E-state index >= 15 is 0 Å². The number of rotatable bonds is 12. The first-order valence-corrected chi connectivity index (χ1v) is 11.4. The number of unbranched alkanes of at least 4 members (excludes halogenated alkanes) is 4. The number of amides is 1. The van der Waals surface area contributed by atoms with E-state index in [0.717, 1.165) is 48.8 Å². The van der Waals surface area contributed by atoms with Crippen molar-refractivity contribution >= 4 is 12.0 Å². The molecule has 0 saturated heterocycles. The van der Waals surface area contributed by atoms with Crippen LogP contribution in [0.1, 0.15) is 55.2 Å². The van der Waals surface area contributed by atoms with Crippen molar-refractivity contribution in [2.45, 2.75) is 44.1 Å². The Hall–Kier alpha value is -3.24. The number of pyridine rings is 1. The maximum absolute atomic E-state index is 11.9. The Bertz CT molecular complexity index is 917. The number of hydrogen-bond acceptors (Lipinski definition) is 3. The Morgan fingerprint density at radius 1 is 0.844 bits per heavy atom. The van der Waals surface area contributed by atoms with E-state index in [0.29, 0.717) is 13.0 Å². The summed E-state index contributed by atoms with van der Waals surface area (Å²) in [6.45, 7) is 0.675. The summed E-state index contributed by atoms with van der Waals surface area (Å²) >= 11 is 0. The Morgan fingerprint density at radius 3 is 2.09 bits per heavy atom. The smallest absolute Gasteiger partial charge is 0.243 e. The topological polar surface area (TPSA) is 62.2 Å². The number of benzene rings is 2. The molecule has 0 bridgehead atoms. The molecule has 1 amide bonds.